The minimum atomic E-state index is -3.19. The van der Waals surface area contributed by atoms with E-state index < -0.39 is 41.7 Å². The van der Waals surface area contributed by atoms with Gasteiger partial charge in [-0.25, -0.2) is 8.78 Å². The number of nitrogens with one attached hydrogen (secondary N) is 1. The number of hydrogen-bond acceptors (Lipinski definition) is 5. The summed E-state index contributed by atoms with van der Waals surface area (Å²) in [6.45, 7) is 2.60. The molecule has 200 valence electrons. The Bertz CT molecular complexity index is 1390. The summed E-state index contributed by atoms with van der Waals surface area (Å²) in [4.78, 5) is 18.2. The zero-order chi connectivity index (χ0) is 27.2. The molecule has 0 spiro atoms. The summed E-state index contributed by atoms with van der Waals surface area (Å²) in [6.07, 6.45) is 0.884. The maximum absolute atomic E-state index is 15.6. The summed E-state index contributed by atoms with van der Waals surface area (Å²) in [5, 5.41) is 12.5. The van der Waals surface area contributed by atoms with Gasteiger partial charge in [-0.15, -0.1) is 0 Å². The van der Waals surface area contributed by atoms with Crippen LogP contribution in [0.2, 0.25) is 0 Å². The van der Waals surface area contributed by atoms with Crippen molar-refractivity contribution < 1.29 is 32.2 Å². The number of rotatable bonds is 5. The van der Waals surface area contributed by atoms with E-state index in [1.807, 2.05) is 6.92 Å². The summed E-state index contributed by atoms with van der Waals surface area (Å²) < 4.78 is 63.8. The molecule has 2 atom stereocenters. The van der Waals surface area contributed by atoms with Crippen LogP contribution < -0.4 is 10.2 Å². The lowest BCUT2D eigenvalue weighted by atomic mass is 9.81. The molecule has 3 aromatic rings. The quantitative estimate of drug-likeness (QED) is 0.454. The third kappa shape index (κ3) is 4.74. The van der Waals surface area contributed by atoms with Gasteiger partial charge in [0.2, 0.25) is 0 Å². The third-order valence-electron chi connectivity index (χ3n) is 7.22. The number of morpholine rings is 1. The topological polar surface area (TPSA) is 74.7 Å². The Kier molecular flexibility index (Phi) is 6.65. The molecule has 10 heteroatoms. The number of amides is 1. The lowest BCUT2D eigenvalue weighted by Crippen LogP contribution is -2.62. The van der Waals surface area contributed by atoms with Crippen LogP contribution in [-0.2, 0) is 17.1 Å². The number of aliphatic hydroxyl groups is 1. The van der Waals surface area contributed by atoms with Crippen LogP contribution in [0.4, 0.5) is 28.9 Å². The number of anilines is 2. The van der Waals surface area contributed by atoms with Gasteiger partial charge in [0, 0.05) is 48.6 Å². The van der Waals surface area contributed by atoms with Crippen LogP contribution in [0.3, 0.4) is 0 Å². The second kappa shape index (κ2) is 9.67. The fourth-order valence-corrected chi connectivity index (χ4v) is 5.13. The molecule has 0 unspecified atom stereocenters. The number of carbonyl (C=O) groups is 1. The smallest absolute Gasteiger partial charge is 0.286 e. The highest BCUT2D eigenvalue weighted by Crippen LogP contribution is 2.43. The molecular weight excluding hydrogens is 502 g/mol. The molecule has 2 N–H and O–H groups in total. The van der Waals surface area contributed by atoms with Crippen molar-refractivity contribution >= 4 is 17.3 Å². The number of hydrogen-bond donors (Lipinski definition) is 2. The molecule has 1 fully saturated rings. The van der Waals surface area contributed by atoms with Crippen molar-refractivity contribution in [2.45, 2.75) is 37.9 Å². The van der Waals surface area contributed by atoms with Gasteiger partial charge in [-0.2, -0.15) is 8.78 Å². The third-order valence-corrected chi connectivity index (χ3v) is 7.22. The second-order valence-corrected chi connectivity index (χ2v) is 9.91. The van der Waals surface area contributed by atoms with Crippen LogP contribution in [-0.4, -0.2) is 54.1 Å². The van der Waals surface area contributed by atoms with Crippen LogP contribution in [0.25, 0.3) is 11.1 Å². The summed E-state index contributed by atoms with van der Waals surface area (Å²) in [6, 6.07) is 9.86. The number of carbonyl (C=O) groups excluding carboxylic acids is 1. The zero-order valence-corrected chi connectivity index (χ0v) is 20.9. The van der Waals surface area contributed by atoms with E-state index in [1.165, 1.54) is 12.1 Å². The molecule has 5 rings (SSSR count). The highest BCUT2D eigenvalue weighted by molar-refractivity contribution is 6.04. The van der Waals surface area contributed by atoms with Gasteiger partial charge in [0.25, 0.3) is 11.8 Å². The average Bonchev–Trinajstić information content (AvgIpc) is 2.90. The van der Waals surface area contributed by atoms with Gasteiger partial charge in [-0.05, 0) is 60.0 Å². The molecule has 6 nitrogen and oxygen atoms in total. The van der Waals surface area contributed by atoms with Crippen molar-refractivity contribution in [1.82, 2.24) is 4.98 Å². The first-order chi connectivity index (χ1) is 18.0. The summed E-state index contributed by atoms with van der Waals surface area (Å²) in [7, 11) is 0. The van der Waals surface area contributed by atoms with Crippen LogP contribution in [0.5, 0.6) is 0 Å². The molecule has 1 aromatic heterocycles. The van der Waals surface area contributed by atoms with Gasteiger partial charge in [0.1, 0.15) is 11.5 Å². The number of nitrogens with zero attached hydrogens (tertiary/aromatic N) is 2. The zero-order valence-electron chi connectivity index (χ0n) is 20.9. The number of aryl methyl sites for hydroxylation is 1. The van der Waals surface area contributed by atoms with Gasteiger partial charge < -0.3 is 20.1 Å². The Hall–Kier alpha value is -3.50. The molecule has 1 saturated heterocycles. The molecule has 0 saturated carbocycles. The molecule has 3 heterocycles. The second-order valence-electron chi connectivity index (χ2n) is 9.91. The Morgan fingerprint density at radius 2 is 2.05 bits per heavy atom. The van der Waals surface area contributed by atoms with Gasteiger partial charge >= 0.3 is 0 Å². The molecule has 2 aliphatic rings. The number of pyridine rings is 1. The Balaban J connectivity index is 1.48. The molecule has 1 amide bonds. The number of alkyl halides is 3. The maximum Gasteiger partial charge on any atom is 0.286 e. The SMILES string of the molecule is Cc1ccc(NC(=O)c2ccnc(C(C)(F)F)c2)cc1-c1cc(F)c2c(c1)N1CCOC[C@@H]1[C@](F)(CO)C2. The highest BCUT2D eigenvalue weighted by atomic mass is 19.3. The van der Waals surface area contributed by atoms with E-state index in [2.05, 4.69) is 10.3 Å². The van der Waals surface area contributed by atoms with Crippen LogP contribution in [0.1, 0.15) is 34.1 Å². The van der Waals surface area contributed by atoms with Crippen LogP contribution in [0.15, 0.2) is 48.7 Å². The minimum absolute atomic E-state index is 0.0235. The maximum atomic E-state index is 15.6. The molecule has 0 aliphatic carbocycles. The Morgan fingerprint density at radius 3 is 2.79 bits per heavy atom. The normalized spacial score (nSPS) is 21.0. The summed E-state index contributed by atoms with van der Waals surface area (Å²) in [5.74, 6) is -4.37. The first kappa shape index (κ1) is 26.1. The van der Waals surface area contributed by atoms with Gasteiger partial charge in [-0.3, -0.25) is 9.78 Å². The van der Waals surface area contributed by atoms with Crippen molar-refractivity contribution in [2.75, 3.05) is 36.6 Å². The fourth-order valence-electron chi connectivity index (χ4n) is 5.13. The minimum Gasteiger partial charge on any atom is -0.393 e. The van der Waals surface area contributed by atoms with E-state index in [9.17, 15) is 18.7 Å². The highest BCUT2D eigenvalue weighted by Gasteiger charge is 2.49. The van der Waals surface area contributed by atoms with Gasteiger partial charge in [-0.1, -0.05) is 6.07 Å². The number of aromatic nitrogens is 1. The van der Waals surface area contributed by atoms with Crippen LogP contribution >= 0.6 is 0 Å². The van der Waals surface area contributed by atoms with E-state index in [1.54, 1.807) is 29.2 Å². The van der Waals surface area contributed by atoms with E-state index in [0.29, 0.717) is 42.6 Å². The van der Waals surface area contributed by atoms with E-state index in [-0.39, 0.29) is 24.2 Å². The first-order valence-corrected chi connectivity index (χ1v) is 12.2. The van der Waals surface area contributed by atoms with Crippen molar-refractivity contribution in [3.8, 4) is 11.1 Å². The van der Waals surface area contributed by atoms with Crippen LogP contribution in [0, 0.1) is 12.7 Å². The van der Waals surface area contributed by atoms with E-state index in [4.69, 9.17) is 4.74 Å². The largest absolute Gasteiger partial charge is 0.393 e. The molecule has 2 aliphatic heterocycles. The Morgan fingerprint density at radius 1 is 1.26 bits per heavy atom. The summed E-state index contributed by atoms with van der Waals surface area (Å²) >= 11 is 0. The predicted octanol–water partition coefficient (Wildman–Crippen LogP) is 5.02. The molecule has 0 bridgehead atoms. The number of halogens is 4. The van der Waals surface area contributed by atoms with Crippen molar-refractivity contribution in [2.24, 2.45) is 0 Å². The molecular formula is C28H27F4N3O3. The average molecular weight is 530 g/mol. The fraction of sp³-hybridized carbons (Fsp3) is 0.357. The number of ether oxygens (including phenoxy) is 1. The monoisotopic (exact) mass is 529 g/mol. The number of fused-ring (bicyclic) bond motifs is 3. The van der Waals surface area contributed by atoms with Gasteiger partial charge in [0.05, 0.1) is 25.9 Å². The lowest BCUT2D eigenvalue weighted by molar-refractivity contribution is -0.0178. The van der Waals surface area contributed by atoms with Gasteiger partial charge in [0.15, 0.2) is 5.67 Å². The predicted molar refractivity (Wildman–Crippen MR) is 135 cm³/mol. The standard InChI is InChI=1S/C28H27F4N3O3/c1-16-3-4-19(34-26(37)17-5-6-33-24(11-17)27(2,30)31)12-20(16)18-9-22(29)21-13-28(32,15-36)25-14-38-8-7-35(25)23(21)10-18/h3-6,9-12,25,36H,7-8,13-15H2,1-2H3,(H,34,37)/t25-,28-/m1/s1. The number of aliphatic hydroxyl groups excluding tert-OH is 1. The van der Waals surface area contributed by atoms with Crippen molar-refractivity contribution in [3.05, 3.63) is 76.9 Å². The molecule has 2 aromatic carbocycles. The lowest BCUT2D eigenvalue weighted by Gasteiger charge is -2.48. The van der Waals surface area contributed by atoms with E-state index >= 15 is 8.78 Å². The molecule has 0 radical (unpaired) electrons. The van der Waals surface area contributed by atoms with Crippen molar-refractivity contribution in [3.63, 3.8) is 0 Å². The molecule has 38 heavy (non-hydrogen) atoms. The number of benzene rings is 2. The Labute approximate surface area is 217 Å². The van der Waals surface area contributed by atoms with E-state index in [0.717, 1.165) is 17.8 Å². The van der Waals surface area contributed by atoms with Crippen molar-refractivity contribution in [1.29, 1.82) is 0 Å². The first-order valence-electron chi connectivity index (χ1n) is 12.2. The summed E-state index contributed by atoms with van der Waals surface area (Å²) in [5.41, 5.74) is 0.613.